The lowest BCUT2D eigenvalue weighted by atomic mass is 10.1. The van der Waals surface area contributed by atoms with E-state index in [0.717, 1.165) is 4.31 Å². The predicted molar refractivity (Wildman–Crippen MR) is 148 cm³/mol. The Labute approximate surface area is 234 Å². The molecule has 0 radical (unpaired) electrons. The van der Waals surface area contributed by atoms with Crippen LogP contribution >= 0.6 is 23.2 Å². The summed E-state index contributed by atoms with van der Waals surface area (Å²) in [4.78, 5) is 28.5. The Balaban J connectivity index is 2.02. The number of anilines is 1. The van der Waals surface area contributed by atoms with Crippen LogP contribution in [-0.4, -0.2) is 56.3 Å². The van der Waals surface area contributed by atoms with E-state index in [1.165, 1.54) is 17.9 Å². The molecule has 2 atom stereocenters. The fourth-order valence-corrected chi connectivity index (χ4v) is 5.54. The van der Waals surface area contributed by atoms with Crippen LogP contribution in [0.2, 0.25) is 10.0 Å². The Hall–Kier alpha value is -2.69. The molecule has 0 aromatic heterocycles. The van der Waals surface area contributed by atoms with Gasteiger partial charge in [0, 0.05) is 34.3 Å². The molecule has 2 aromatic rings. The first-order chi connectivity index (χ1) is 18.0. The van der Waals surface area contributed by atoms with Gasteiger partial charge in [0.15, 0.2) is 11.5 Å². The third kappa shape index (κ3) is 6.84. The molecular weight excluding hydrogens is 553 g/mol. The van der Waals surface area contributed by atoms with Gasteiger partial charge in [0.05, 0.1) is 11.4 Å². The molecule has 1 aliphatic rings. The largest absolute Gasteiger partial charge is 0.454 e. The van der Waals surface area contributed by atoms with Gasteiger partial charge >= 0.3 is 0 Å². The second-order valence-electron chi connectivity index (χ2n) is 8.91. The van der Waals surface area contributed by atoms with E-state index in [4.69, 9.17) is 32.7 Å². The molecule has 0 spiro atoms. The van der Waals surface area contributed by atoms with E-state index in [1.54, 1.807) is 37.3 Å². The van der Waals surface area contributed by atoms with Gasteiger partial charge in [0.25, 0.3) is 0 Å². The highest BCUT2D eigenvalue weighted by Gasteiger charge is 2.34. The number of halogens is 2. The zero-order valence-electron chi connectivity index (χ0n) is 21.9. The van der Waals surface area contributed by atoms with Crippen LogP contribution in [0.4, 0.5) is 5.69 Å². The molecule has 9 nitrogen and oxygen atoms in total. The predicted octanol–water partition coefficient (Wildman–Crippen LogP) is 4.60. The Morgan fingerprint density at radius 1 is 1.03 bits per heavy atom. The number of hydrogen-bond donors (Lipinski definition) is 1. The maximum absolute atomic E-state index is 13.9. The van der Waals surface area contributed by atoms with Crippen molar-refractivity contribution in [2.24, 2.45) is 0 Å². The van der Waals surface area contributed by atoms with Crippen LogP contribution in [0.3, 0.4) is 0 Å². The van der Waals surface area contributed by atoms with Gasteiger partial charge in [-0.15, -0.1) is 0 Å². The lowest BCUT2D eigenvalue weighted by Gasteiger charge is -2.34. The van der Waals surface area contributed by atoms with Crippen LogP contribution < -0.4 is 19.1 Å². The highest BCUT2D eigenvalue weighted by atomic mass is 35.5. The SMILES string of the molecule is CC[C@H](C)NC(=O)[C@H](CC)N(Cc1c(Cl)cccc1Cl)C(=O)CN(c1ccc2c(c1)OCO2)S(=O)(=O)CC. The summed E-state index contributed by atoms with van der Waals surface area (Å²) >= 11 is 12.8. The van der Waals surface area contributed by atoms with Crippen molar-refractivity contribution in [1.29, 1.82) is 0 Å². The average molecular weight is 587 g/mol. The molecule has 0 fully saturated rings. The first-order valence-electron chi connectivity index (χ1n) is 12.4. The van der Waals surface area contributed by atoms with Gasteiger partial charge in [0.1, 0.15) is 12.6 Å². The number of nitrogens with one attached hydrogen (secondary N) is 1. The number of carbonyl (C=O) groups is 2. The van der Waals surface area contributed by atoms with Crippen molar-refractivity contribution < 1.29 is 27.5 Å². The monoisotopic (exact) mass is 585 g/mol. The van der Waals surface area contributed by atoms with Crippen LogP contribution in [0.25, 0.3) is 0 Å². The van der Waals surface area contributed by atoms with Crippen molar-refractivity contribution in [1.82, 2.24) is 10.2 Å². The lowest BCUT2D eigenvalue weighted by Crippen LogP contribution is -2.53. The fraction of sp³-hybridized carbons (Fsp3) is 0.462. The summed E-state index contributed by atoms with van der Waals surface area (Å²) in [5, 5.41) is 3.59. The normalized spacial score (nSPS) is 14.1. The summed E-state index contributed by atoms with van der Waals surface area (Å²) in [5.41, 5.74) is 0.712. The summed E-state index contributed by atoms with van der Waals surface area (Å²) in [5.74, 6) is -0.299. The first kappa shape index (κ1) is 29.9. The summed E-state index contributed by atoms with van der Waals surface area (Å²) in [7, 11) is -3.89. The summed E-state index contributed by atoms with van der Waals surface area (Å²) < 4.78 is 38.1. The van der Waals surface area contributed by atoms with Crippen LogP contribution in [0.1, 0.15) is 46.1 Å². The van der Waals surface area contributed by atoms with Gasteiger partial charge in [-0.05, 0) is 51.0 Å². The smallest absolute Gasteiger partial charge is 0.244 e. The number of sulfonamides is 1. The zero-order valence-corrected chi connectivity index (χ0v) is 24.2. The van der Waals surface area contributed by atoms with Crippen LogP contribution in [0.15, 0.2) is 36.4 Å². The van der Waals surface area contributed by atoms with Gasteiger partial charge in [0.2, 0.25) is 28.6 Å². The Kier molecular flexibility index (Phi) is 10.1. The fourth-order valence-electron chi connectivity index (χ4n) is 3.97. The second kappa shape index (κ2) is 12.9. The van der Waals surface area contributed by atoms with Gasteiger partial charge in [-0.25, -0.2) is 8.42 Å². The number of amides is 2. The van der Waals surface area contributed by atoms with E-state index < -0.39 is 28.5 Å². The molecule has 0 saturated carbocycles. The maximum atomic E-state index is 13.9. The number of fused-ring (bicyclic) bond motifs is 1. The number of carbonyl (C=O) groups excluding carboxylic acids is 2. The summed E-state index contributed by atoms with van der Waals surface area (Å²) in [6, 6.07) is 8.65. The van der Waals surface area contributed by atoms with Crippen molar-refractivity contribution in [3.8, 4) is 11.5 Å². The minimum atomic E-state index is -3.89. The van der Waals surface area contributed by atoms with Gasteiger partial charge < -0.3 is 19.7 Å². The second-order valence-corrected chi connectivity index (χ2v) is 11.9. The highest BCUT2D eigenvalue weighted by molar-refractivity contribution is 7.92. The maximum Gasteiger partial charge on any atom is 0.244 e. The molecule has 1 N–H and O–H groups in total. The standard InChI is InChI=1S/C26H33Cl2N3O6S/c1-5-17(4)29-26(33)22(6-2)30(14-19-20(27)9-8-10-21(19)28)25(32)15-31(38(34,35)7-3)18-11-12-23-24(13-18)37-16-36-23/h8-13,17,22H,5-7,14-16H2,1-4H3,(H,29,33)/t17-,22-/m0/s1. The quantitative estimate of drug-likeness (QED) is 0.390. The molecule has 0 bridgehead atoms. The van der Waals surface area contributed by atoms with Crippen molar-refractivity contribution in [3.63, 3.8) is 0 Å². The molecule has 0 aliphatic carbocycles. The van der Waals surface area contributed by atoms with Gasteiger partial charge in [-0.1, -0.05) is 43.1 Å². The molecule has 1 heterocycles. The summed E-state index contributed by atoms with van der Waals surface area (Å²) in [6.45, 7) is 6.50. The number of ether oxygens (including phenoxy) is 2. The van der Waals surface area contributed by atoms with Crippen molar-refractivity contribution in [2.45, 2.75) is 59.2 Å². The lowest BCUT2D eigenvalue weighted by molar-refractivity contribution is -0.140. The van der Waals surface area contributed by atoms with Crippen molar-refractivity contribution in [2.75, 3.05) is 23.4 Å². The zero-order chi connectivity index (χ0) is 28.0. The minimum absolute atomic E-state index is 0.0219. The van der Waals surface area contributed by atoms with E-state index >= 15 is 0 Å². The molecule has 0 saturated heterocycles. The van der Waals surface area contributed by atoms with Crippen molar-refractivity contribution >= 4 is 50.7 Å². The van der Waals surface area contributed by atoms with E-state index in [2.05, 4.69) is 5.32 Å². The Morgan fingerprint density at radius 3 is 2.29 bits per heavy atom. The topological polar surface area (TPSA) is 105 Å². The van der Waals surface area contributed by atoms with Gasteiger partial charge in [-0.2, -0.15) is 0 Å². The molecule has 208 valence electrons. The highest BCUT2D eigenvalue weighted by Crippen LogP contribution is 2.36. The van der Waals surface area contributed by atoms with E-state index in [0.29, 0.717) is 39.9 Å². The number of hydrogen-bond acceptors (Lipinski definition) is 6. The molecule has 38 heavy (non-hydrogen) atoms. The number of nitrogens with zero attached hydrogens (tertiary/aromatic N) is 2. The third-order valence-electron chi connectivity index (χ3n) is 6.40. The van der Waals surface area contributed by atoms with E-state index in [9.17, 15) is 18.0 Å². The summed E-state index contributed by atoms with van der Waals surface area (Å²) in [6.07, 6.45) is 1.000. The van der Waals surface area contributed by atoms with Gasteiger partial charge in [-0.3, -0.25) is 13.9 Å². The number of benzene rings is 2. The Bertz CT molecular complexity index is 1250. The molecule has 2 amide bonds. The molecule has 2 aromatic carbocycles. The van der Waals surface area contributed by atoms with E-state index in [-0.39, 0.29) is 36.7 Å². The number of rotatable bonds is 12. The first-order valence-corrected chi connectivity index (χ1v) is 14.8. The minimum Gasteiger partial charge on any atom is -0.454 e. The molecular formula is C26H33Cl2N3O6S. The van der Waals surface area contributed by atoms with Crippen LogP contribution in [0, 0.1) is 0 Å². The molecule has 12 heteroatoms. The molecule has 3 rings (SSSR count). The Morgan fingerprint density at radius 2 is 1.68 bits per heavy atom. The van der Waals surface area contributed by atoms with Crippen LogP contribution in [-0.2, 0) is 26.2 Å². The van der Waals surface area contributed by atoms with E-state index in [1.807, 2.05) is 13.8 Å². The van der Waals surface area contributed by atoms with Crippen molar-refractivity contribution in [3.05, 3.63) is 52.0 Å². The molecule has 0 unspecified atom stereocenters. The average Bonchev–Trinajstić information content (AvgIpc) is 3.36. The molecule has 1 aliphatic heterocycles. The third-order valence-corrected chi connectivity index (χ3v) is 8.85. The van der Waals surface area contributed by atoms with Crippen LogP contribution in [0.5, 0.6) is 11.5 Å².